The van der Waals surface area contributed by atoms with Gasteiger partial charge in [0, 0.05) is 36.8 Å². The third kappa shape index (κ3) is 7.55. The summed E-state index contributed by atoms with van der Waals surface area (Å²) in [6, 6.07) is 15.3. The van der Waals surface area contributed by atoms with Gasteiger partial charge in [-0.2, -0.15) is 11.8 Å². The molecule has 2 N–H and O–H groups in total. The van der Waals surface area contributed by atoms with Crippen molar-refractivity contribution in [1.82, 2.24) is 9.80 Å². The zero-order chi connectivity index (χ0) is 22.8. The first-order chi connectivity index (χ1) is 15.6. The maximum Gasteiger partial charge on any atom is 0.238 e. The topological polar surface area (TPSA) is 73.9 Å². The molecule has 2 aromatic carbocycles. The lowest BCUT2D eigenvalue weighted by molar-refractivity contribution is -0.119. The van der Waals surface area contributed by atoms with Crippen LogP contribution in [-0.2, 0) is 16.1 Å². The van der Waals surface area contributed by atoms with E-state index in [1.54, 1.807) is 24.1 Å². The molecule has 0 bridgehead atoms. The summed E-state index contributed by atoms with van der Waals surface area (Å²) < 4.78 is 5.27. The van der Waals surface area contributed by atoms with Gasteiger partial charge in [0.2, 0.25) is 11.8 Å². The van der Waals surface area contributed by atoms with E-state index in [-0.39, 0.29) is 24.9 Å². The molecule has 0 aromatic heterocycles. The predicted octanol–water partition coefficient (Wildman–Crippen LogP) is 3.14. The molecule has 7 nitrogen and oxygen atoms in total. The number of rotatable bonds is 10. The molecule has 0 saturated carbocycles. The van der Waals surface area contributed by atoms with Crippen molar-refractivity contribution in [2.45, 2.75) is 13.5 Å². The van der Waals surface area contributed by atoms with Gasteiger partial charge in [0.05, 0.1) is 25.9 Å². The largest absolute Gasteiger partial charge is 0.495 e. The molecule has 1 fully saturated rings. The van der Waals surface area contributed by atoms with Gasteiger partial charge in [-0.15, -0.1) is 0 Å². The molecule has 0 unspecified atom stereocenters. The van der Waals surface area contributed by atoms with Crippen LogP contribution in [0.5, 0.6) is 5.75 Å². The van der Waals surface area contributed by atoms with Gasteiger partial charge in [-0.25, -0.2) is 0 Å². The molecule has 32 heavy (non-hydrogen) atoms. The molecule has 2 amide bonds. The number of para-hydroxylation sites is 2. The Kier molecular flexibility index (Phi) is 9.40. The third-order valence-electron chi connectivity index (χ3n) is 5.28. The van der Waals surface area contributed by atoms with Gasteiger partial charge in [0.25, 0.3) is 0 Å². The number of carbonyl (C=O) groups is 2. The van der Waals surface area contributed by atoms with Crippen LogP contribution >= 0.6 is 11.8 Å². The number of hydrogen-bond donors (Lipinski definition) is 2. The Labute approximate surface area is 194 Å². The highest BCUT2D eigenvalue weighted by Gasteiger charge is 2.15. The summed E-state index contributed by atoms with van der Waals surface area (Å²) in [5, 5.41) is 5.82. The number of carbonyl (C=O) groups excluding carboxylic acids is 2. The second-order valence-corrected chi connectivity index (χ2v) is 8.91. The summed E-state index contributed by atoms with van der Waals surface area (Å²) in [6.07, 6.45) is 0. The fraction of sp³-hybridized carbons (Fsp3) is 0.417. The number of nitrogens with zero attached hydrogens (tertiary/aromatic N) is 2. The summed E-state index contributed by atoms with van der Waals surface area (Å²) >= 11 is 2.00. The summed E-state index contributed by atoms with van der Waals surface area (Å²) in [4.78, 5) is 29.3. The maximum atomic E-state index is 12.6. The van der Waals surface area contributed by atoms with Crippen LogP contribution in [-0.4, -0.2) is 73.0 Å². The number of anilines is 2. The average molecular weight is 457 g/mol. The van der Waals surface area contributed by atoms with Crippen LogP contribution < -0.4 is 15.4 Å². The Morgan fingerprint density at radius 2 is 1.75 bits per heavy atom. The number of ether oxygens (including phenoxy) is 1. The minimum atomic E-state index is -0.189. The highest BCUT2D eigenvalue weighted by molar-refractivity contribution is 7.99. The second kappa shape index (κ2) is 12.5. The van der Waals surface area contributed by atoms with E-state index in [1.165, 1.54) is 17.1 Å². The summed E-state index contributed by atoms with van der Waals surface area (Å²) in [7, 11) is 1.56. The van der Waals surface area contributed by atoms with Crippen LogP contribution in [0.2, 0.25) is 0 Å². The first kappa shape index (κ1) is 24.1. The fourth-order valence-electron chi connectivity index (χ4n) is 3.59. The number of thioether (sulfide) groups is 1. The lowest BCUT2D eigenvalue weighted by Crippen LogP contribution is -2.38. The van der Waals surface area contributed by atoms with Crippen LogP contribution in [0.1, 0.15) is 12.5 Å². The van der Waals surface area contributed by atoms with Crippen LogP contribution in [0.15, 0.2) is 48.5 Å². The lowest BCUT2D eigenvalue weighted by Gasteiger charge is -2.26. The molecule has 1 heterocycles. The molecule has 0 radical (unpaired) electrons. The van der Waals surface area contributed by atoms with Gasteiger partial charge < -0.3 is 15.4 Å². The normalized spacial score (nSPS) is 14.2. The number of nitrogens with one attached hydrogen (secondary N) is 2. The molecule has 1 aliphatic heterocycles. The van der Waals surface area contributed by atoms with Crippen LogP contribution in [0.25, 0.3) is 0 Å². The molecule has 1 saturated heterocycles. The average Bonchev–Trinajstić information content (AvgIpc) is 2.80. The Balaban J connectivity index is 1.50. The van der Waals surface area contributed by atoms with E-state index in [1.807, 2.05) is 49.0 Å². The smallest absolute Gasteiger partial charge is 0.238 e. The van der Waals surface area contributed by atoms with Gasteiger partial charge >= 0.3 is 0 Å². The number of likely N-dealkylation sites (N-methyl/N-ethyl adjacent to an activating group) is 1. The summed E-state index contributed by atoms with van der Waals surface area (Å²) in [5.41, 5.74) is 2.59. The highest BCUT2D eigenvalue weighted by Crippen LogP contribution is 2.23. The monoisotopic (exact) mass is 456 g/mol. The molecule has 1 aliphatic rings. The zero-order valence-electron chi connectivity index (χ0n) is 18.8. The number of hydrogen-bond acceptors (Lipinski definition) is 6. The highest BCUT2D eigenvalue weighted by atomic mass is 32.2. The van der Waals surface area contributed by atoms with Gasteiger partial charge in [-0.3, -0.25) is 19.4 Å². The summed E-state index contributed by atoms with van der Waals surface area (Å²) in [6.45, 7) is 5.88. The number of benzene rings is 2. The second-order valence-electron chi connectivity index (χ2n) is 7.69. The number of methoxy groups -OCH3 is 1. The van der Waals surface area contributed by atoms with Gasteiger partial charge in [-0.1, -0.05) is 31.2 Å². The lowest BCUT2D eigenvalue weighted by atomic mass is 10.2. The SMILES string of the molecule is CCN(CC(=O)Nc1cccc(CN2CCSCC2)c1)CC(=O)Nc1ccccc1OC. The Bertz CT molecular complexity index is 902. The van der Waals surface area contributed by atoms with Crippen molar-refractivity contribution >= 4 is 35.0 Å². The van der Waals surface area contributed by atoms with Crippen molar-refractivity contribution < 1.29 is 14.3 Å². The molecular weight excluding hydrogens is 424 g/mol. The minimum Gasteiger partial charge on any atom is -0.495 e. The Morgan fingerprint density at radius 3 is 2.47 bits per heavy atom. The van der Waals surface area contributed by atoms with Crippen molar-refractivity contribution in [3.8, 4) is 5.75 Å². The standard InChI is InChI=1S/C24H32N4O3S/c1-3-27(18-24(30)26-21-9-4-5-10-22(21)31-2)17-23(29)25-20-8-6-7-19(15-20)16-28-11-13-32-14-12-28/h4-10,15H,3,11-14,16-18H2,1-2H3,(H,25,29)(H,26,30). The predicted molar refractivity (Wildman–Crippen MR) is 131 cm³/mol. The first-order valence-corrected chi connectivity index (χ1v) is 12.1. The molecule has 0 atom stereocenters. The van der Waals surface area contributed by atoms with E-state index in [0.29, 0.717) is 18.0 Å². The molecule has 3 rings (SSSR count). The van der Waals surface area contributed by atoms with Crippen molar-refractivity contribution in [2.75, 3.05) is 62.0 Å². The van der Waals surface area contributed by atoms with E-state index in [2.05, 4.69) is 21.6 Å². The molecule has 0 aliphatic carbocycles. The van der Waals surface area contributed by atoms with Crippen molar-refractivity contribution in [3.63, 3.8) is 0 Å². The Hall–Kier alpha value is -2.55. The first-order valence-electron chi connectivity index (χ1n) is 10.9. The van der Waals surface area contributed by atoms with E-state index in [0.717, 1.165) is 25.3 Å². The van der Waals surface area contributed by atoms with E-state index in [4.69, 9.17) is 4.74 Å². The molecule has 2 aromatic rings. The molecule has 0 spiro atoms. The summed E-state index contributed by atoms with van der Waals surface area (Å²) in [5.74, 6) is 2.63. The molecule has 172 valence electrons. The quantitative estimate of drug-likeness (QED) is 0.572. The van der Waals surface area contributed by atoms with Crippen LogP contribution in [0, 0.1) is 0 Å². The van der Waals surface area contributed by atoms with E-state index in [9.17, 15) is 9.59 Å². The van der Waals surface area contributed by atoms with Gasteiger partial charge in [0.15, 0.2) is 0 Å². The van der Waals surface area contributed by atoms with E-state index >= 15 is 0 Å². The van der Waals surface area contributed by atoms with E-state index < -0.39 is 0 Å². The van der Waals surface area contributed by atoms with Crippen molar-refractivity contribution in [1.29, 1.82) is 0 Å². The van der Waals surface area contributed by atoms with Crippen LogP contribution in [0.4, 0.5) is 11.4 Å². The van der Waals surface area contributed by atoms with Crippen LogP contribution in [0.3, 0.4) is 0 Å². The maximum absolute atomic E-state index is 12.6. The van der Waals surface area contributed by atoms with Gasteiger partial charge in [-0.05, 0) is 36.4 Å². The fourth-order valence-corrected chi connectivity index (χ4v) is 4.57. The third-order valence-corrected chi connectivity index (χ3v) is 6.23. The van der Waals surface area contributed by atoms with Gasteiger partial charge in [0.1, 0.15) is 5.75 Å². The molecular formula is C24H32N4O3S. The number of amides is 2. The minimum absolute atomic E-state index is 0.120. The Morgan fingerprint density at radius 1 is 1.03 bits per heavy atom. The zero-order valence-corrected chi connectivity index (χ0v) is 19.6. The van der Waals surface area contributed by atoms with Crippen molar-refractivity contribution in [2.24, 2.45) is 0 Å². The molecule has 8 heteroatoms. The van der Waals surface area contributed by atoms with Crippen molar-refractivity contribution in [3.05, 3.63) is 54.1 Å².